The highest BCUT2D eigenvalue weighted by Crippen LogP contribution is 2.35. The van der Waals surface area contributed by atoms with Crippen LogP contribution in [0.1, 0.15) is 25.0 Å². The topological polar surface area (TPSA) is 83.5 Å². The zero-order valence-corrected chi connectivity index (χ0v) is 12.6. The molecular formula is C12H15Cl2NO3S. The van der Waals surface area contributed by atoms with Crippen LogP contribution in [-0.4, -0.2) is 27.2 Å². The number of benzene rings is 1. The number of halogens is 2. The first-order valence-electron chi connectivity index (χ1n) is 5.57. The second kappa shape index (κ2) is 7.36. The third-order valence-electron chi connectivity index (χ3n) is 2.54. The van der Waals surface area contributed by atoms with E-state index in [9.17, 15) is 15.0 Å². The van der Waals surface area contributed by atoms with E-state index in [1.54, 1.807) is 0 Å². The number of rotatable bonds is 5. The lowest BCUT2D eigenvalue weighted by molar-refractivity contribution is -0.109. The zero-order valence-electron chi connectivity index (χ0n) is 10.3. The summed E-state index contributed by atoms with van der Waals surface area (Å²) in [6.45, 7) is 1.45. The van der Waals surface area contributed by atoms with E-state index in [2.05, 4.69) is 0 Å². The second-order valence-electron chi connectivity index (χ2n) is 4.01. The number of nitrogen functional groups attached to an aromatic ring is 1. The van der Waals surface area contributed by atoms with Gasteiger partial charge >= 0.3 is 0 Å². The molecule has 0 heterocycles. The van der Waals surface area contributed by atoms with Gasteiger partial charge < -0.3 is 15.9 Å². The van der Waals surface area contributed by atoms with Crippen molar-refractivity contribution in [2.75, 3.05) is 11.5 Å². The van der Waals surface area contributed by atoms with E-state index in [-0.39, 0.29) is 21.6 Å². The highest BCUT2D eigenvalue weighted by atomic mass is 35.5. The summed E-state index contributed by atoms with van der Waals surface area (Å²) in [4.78, 5) is 10.8. The van der Waals surface area contributed by atoms with Crippen molar-refractivity contribution in [3.05, 3.63) is 27.7 Å². The zero-order chi connectivity index (χ0) is 14.6. The minimum atomic E-state index is -1.17. The Morgan fingerprint density at radius 2 is 2.00 bits per heavy atom. The number of carbonyl (C=O) groups is 1. The number of aliphatic hydroxyl groups is 2. The smallest absolute Gasteiger partial charge is 0.185 e. The average molecular weight is 324 g/mol. The first-order chi connectivity index (χ1) is 8.84. The third-order valence-corrected chi connectivity index (χ3v) is 4.30. The molecule has 0 spiro atoms. The van der Waals surface area contributed by atoms with E-state index in [4.69, 9.17) is 28.9 Å². The molecule has 0 aliphatic rings. The SMILES string of the molecule is CC(=O)SCCC(O)C(O)c1ccc(N)c(Cl)c1Cl. The molecule has 1 aromatic carbocycles. The minimum Gasteiger partial charge on any atom is -0.397 e. The van der Waals surface area contributed by atoms with Gasteiger partial charge in [0.1, 0.15) is 6.10 Å². The van der Waals surface area contributed by atoms with Crippen molar-refractivity contribution < 1.29 is 15.0 Å². The molecule has 0 saturated heterocycles. The second-order valence-corrected chi connectivity index (χ2v) is 6.04. The molecule has 0 aliphatic heterocycles. The quantitative estimate of drug-likeness (QED) is 0.725. The molecule has 2 unspecified atom stereocenters. The van der Waals surface area contributed by atoms with Crippen LogP contribution in [0.25, 0.3) is 0 Å². The summed E-state index contributed by atoms with van der Waals surface area (Å²) < 4.78 is 0. The van der Waals surface area contributed by atoms with E-state index < -0.39 is 12.2 Å². The molecule has 0 aliphatic carbocycles. The number of hydrogen-bond donors (Lipinski definition) is 3. The number of carbonyl (C=O) groups excluding carboxylic acids is 1. The molecule has 0 saturated carbocycles. The average Bonchev–Trinajstić information content (AvgIpc) is 2.35. The molecule has 0 bridgehead atoms. The summed E-state index contributed by atoms with van der Waals surface area (Å²) >= 11 is 13.0. The van der Waals surface area contributed by atoms with Crippen LogP contribution in [-0.2, 0) is 4.79 Å². The van der Waals surface area contributed by atoms with Crippen molar-refractivity contribution in [3.63, 3.8) is 0 Å². The first kappa shape index (κ1) is 16.6. The van der Waals surface area contributed by atoms with Gasteiger partial charge in [0.15, 0.2) is 5.12 Å². The van der Waals surface area contributed by atoms with Crippen molar-refractivity contribution in [3.8, 4) is 0 Å². The van der Waals surface area contributed by atoms with E-state index in [1.807, 2.05) is 0 Å². The Morgan fingerprint density at radius 3 is 2.58 bits per heavy atom. The summed E-state index contributed by atoms with van der Waals surface area (Å²) in [5.41, 5.74) is 6.21. The maximum atomic E-state index is 10.8. The highest BCUT2D eigenvalue weighted by molar-refractivity contribution is 8.13. The lowest BCUT2D eigenvalue weighted by atomic mass is 10.0. The molecule has 1 aromatic rings. The van der Waals surface area contributed by atoms with Crippen LogP contribution in [0.4, 0.5) is 5.69 Å². The Kier molecular flexibility index (Phi) is 6.42. The van der Waals surface area contributed by atoms with E-state index >= 15 is 0 Å². The maximum Gasteiger partial charge on any atom is 0.185 e. The molecule has 1 rings (SSSR count). The summed E-state index contributed by atoms with van der Waals surface area (Å²) in [7, 11) is 0. The fourth-order valence-electron chi connectivity index (χ4n) is 1.50. The molecule has 106 valence electrons. The largest absolute Gasteiger partial charge is 0.397 e. The predicted molar refractivity (Wildman–Crippen MR) is 79.6 cm³/mol. The molecule has 0 fully saturated rings. The van der Waals surface area contributed by atoms with Gasteiger partial charge in [-0.25, -0.2) is 0 Å². The van der Waals surface area contributed by atoms with Crippen molar-refractivity contribution in [2.24, 2.45) is 0 Å². The molecule has 19 heavy (non-hydrogen) atoms. The Balaban J connectivity index is 2.74. The van der Waals surface area contributed by atoms with Crippen LogP contribution in [0.15, 0.2) is 12.1 Å². The predicted octanol–water partition coefficient (Wildman–Crippen LogP) is 2.64. The fourth-order valence-corrected chi connectivity index (χ4v) is 2.60. The van der Waals surface area contributed by atoms with Gasteiger partial charge in [0.25, 0.3) is 0 Å². The summed E-state index contributed by atoms with van der Waals surface area (Å²) in [6, 6.07) is 3.04. The monoisotopic (exact) mass is 323 g/mol. The van der Waals surface area contributed by atoms with Crippen LogP contribution < -0.4 is 5.73 Å². The molecule has 7 heteroatoms. The summed E-state index contributed by atoms with van der Waals surface area (Å²) in [5, 5.41) is 20.1. The molecule has 0 radical (unpaired) electrons. The molecule has 0 aromatic heterocycles. The van der Waals surface area contributed by atoms with E-state index in [0.29, 0.717) is 17.0 Å². The van der Waals surface area contributed by atoms with Crippen LogP contribution in [0.3, 0.4) is 0 Å². The van der Waals surface area contributed by atoms with Gasteiger partial charge in [0.05, 0.1) is 21.8 Å². The Hall–Kier alpha value is -0.460. The summed E-state index contributed by atoms with van der Waals surface area (Å²) in [6.07, 6.45) is -1.92. The number of nitrogens with two attached hydrogens (primary N) is 1. The van der Waals surface area contributed by atoms with Gasteiger partial charge in [-0.3, -0.25) is 4.79 Å². The van der Waals surface area contributed by atoms with Crippen molar-refractivity contribution in [1.82, 2.24) is 0 Å². The van der Waals surface area contributed by atoms with Gasteiger partial charge in [-0.2, -0.15) is 0 Å². The van der Waals surface area contributed by atoms with Gasteiger partial charge in [-0.05, 0) is 12.5 Å². The standard InChI is InChI=1S/C12H15Cl2NO3S/c1-6(16)19-5-4-9(17)12(18)7-2-3-8(15)11(14)10(7)13/h2-3,9,12,17-18H,4-5,15H2,1H3. The number of hydrogen-bond acceptors (Lipinski definition) is 5. The normalized spacial score (nSPS) is 14.2. The Bertz CT molecular complexity index is 471. The molecule has 4 N–H and O–H groups in total. The van der Waals surface area contributed by atoms with Crippen LogP contribution in [0.2, 0.25) is 10.0 Å². The van der Waals surface area contributed by atoms with Crippen LogP contribution in [0, 0.1) is 0 Å². The maximum absolute atomic E-state index is 10.8. The van der Waals surface area contributed by atoms with Gasteiger partial charge in [0, 0.05) is 18.2 Å². The van der Waals surface area contributed by atoms with Crippen LogP contribution >= 0.6 is 35.0 Å². The number of anilines is 1. The van der Waals surface area contributed by atoms with E-state index in [1.165, 1.54) is 19.1 Å². The molecule has 0 amide bonds. The highest BCUT2D eigenvalue weighted by Gasteiger charge is 2.22. The van der Waals surface area contributed by atoms with Crippen molar-refractivity contribution in [1.29, 1.82) is 0 Å². The fraction of sp³-hybridized carbons (Fsp3) is 0.417. The summed E-state index contributed by atoms with van der Waals surface area (Å²) in [5.74, 6) is 0.424. The van der Waals surface area contributed by atoms with Crippen LogP contribution in [0.5, 0.6) is 0 Å². The molecule has 4 nitrogen and oxygen atoms in total. The van der Waals surface area contributed by atoms with Gasteiger partial charge in [0.2, 0.25) is 0 Å². The van der Waals surface area contributed by atoms with Crippen molar-refractivity contribution >= 4 is 45.8 Å². The lowest BCUT2D eigenvalue weighted by Gasteiger charge is -2.19. The first-order valence-corrected chi connectivity index (χ1v) is 7.31. The Labute approximate surface area is 125 Å². The third kappa shape index (κ3) is 4.54. The van der Waals surface area contributed by atoms with E-state index in [0.717, 1.165) is 11.8 Å². The van der Waals surface area contributed by atoms with Gasteiger partial charge in [-0.15, -0.1) is 0 Å². The van der Waals surface area contributed by atoms with Crippen molar-refractivity contribution in [2.45, 2.75) is 25.6 Å². The molecule has 2 atom stereocenters. The minimum absolute atomic E-state index is 0.0322. The molecular weight excluding hydrogens is 309 g/mol. The number of aliphatic hydroxyl groups excluding tert-OH is 2. The van der Waals surface area contributed by atoms with Gasteiger partial charge in [-0.1, -0.05) is 41.0 Å². The number of thioether (sulfide) groups is 1. The Morgan fingerprint density at radius 1 is 1.37 bits per heavy atom. The lowest BCUT2D eigenvalue weighted by Crippen LogP contribution is -2.19.